The zero-order chi connectivity index (χ0) is 13.1. The molecule has 2 nitrogen and oxygen atoms in total. The average molecular weight is 243 g/mol. The fraction of sp³-hybridized carbons (Fsp3) is 1.00. The van der Waals surface area contributed by atoms with Crippen LogP contribution in [0.15, 0.2) is 0 Å². The smallest absolute Gasteiger partial charge is 0.0543 e. The summed E-state index contributed by atoms with van der Waals surface area (Å²) in [6.45, 7) is 10.2. The van der Waals surface area contributed by atoms with Gasteiger partial charge in [0.15, 0.2) is 0 Å². The largest absolute Gasteiger partial charge is 0.382 e. The second-order valence-corrected chi connectivity index (χ2v) is 5.40. The van der Waals surface area contributed by atoms with Crippen molar-refractivity contribution in [1.82, 2.24) is 5.32 Å². The van der Waals surface area contributed by atoms with Crippen molar-refractivity contribution in [2.45, 2.75) is 78.4 Å². The van der Waals surface area contributed by atoms with Gasteiger partial charge in [-0.1, -0.05) is 33.6 Å². The number of methoxy groups -OCH3 is 1. The highest BCUT2D eigenvalue weighted by Gasteiger charge is 2.13. The number of hydrogen-bond donors (Lipinski definition) is 1. The van der Waals surface area contributed by atoms with Crippen molar-refractivity contribution in [2.24, 2.45) is 5.92 Å². The lowest BCUT2D eigenvalue weighted by molar-refractivity contribution is 0.105. The third-order valence-electron chi connectivity index (χ3n) is 3.48. The summed E-state index contributed by atoms with van der Waals surface area (Å²) < 4.78 is 5.33. The number of rotatable bonds is 11. The third kappa shape index (κ3) is 9.61. The van der Waals surface area contributed by atoms with Crippen molar-refractivity contribution in [3.05, 3.63) is 0 Å². The Kier molecular flexibility index (Phi) is 11.0. The Morgan fingerprint density at radius 1 is 1.00 bits per heavy atom. The molecule has 0 aliphatic carbocycles. The van der Waals surface area contributed by atoms with Gasteiger partial charge < -0.3 is 10.1 Å². The highest BCUT2D eigenvalue weighted by molar-refractivity contribution is 4.71. The van der Waals surface area contributed by atoms with Crippen LogP contribution in [-0.2, 0) is 4.74 Å². The first-order valence-electron chi connectivity index (χ1n) is 7.40. The van der Waals surface area contributed by atoms with Crippen molar-refractivity contribution >= 4 is 0 Å². The maximum Gasteiger partial charge on any atom is 0.0543 e. The molecule has 0 spiro atoms. The minimum absolute atomic E-state index is 0.391. The quantitative estimate of drug-likeness (QED) is 0.592. The van der Waals surface area contributed by atoms with Gasteiger partial charge in [-0.05, 0) is 45.1 Å². The second-order valence-electron chi connectivity index (χ2n) is 5.40. The molecule has 0 fully saturated rings. The van der Waals surface area contributed by atoms with Gasteiger partial charge in [-0.15, -0.1) is 0 Å². The highest BCUT2D eigenvalue weighted by atomic mass is 16.5. The Hall–Kier alpha value is -0.0800. The summed E-state index contributed by atoms with van der Waals surface area (Å²) in [4.78, 5) is 0. The molecule has 104 valence electrons. The zero-order valence-corrected chi connectivity index (χ0v) is 12.6. The fourth-order valence-electron chi connectivity index (χ4n) is 2.30. The SMILES string of the molecule is CCCNC(CCC(C)OC)CC(C)CCC. The molecule has 0 aromatic carbocycles. The Morgan fingerprint density at radius 3 is 2.24 bits per heavy atom. The predicted molar refractivity (Wildman–Crippen MR) is 76.5 cm³/mol. The summed E-state index contributed by atoms with van der Waals surface area (Å²) in [5.41, 5.74) is 0. The molecular weight excluding hydrogens is 210 g/mol. The number of nitrogens with one attached hydrogen (secondary N) is 1. The van der Waals surface area contributed by atoms with E-state index in [-0.39, 0.29) is 0 Å². The highest BCUT2D eigenvalue weighted by Crippen LogP contribution is 2.16. The monoisotopic (exact) mass is 243 g/mol. The lowest BCUT2D eigenvalue weighted by Gasteiger charge is -2.23. The minimum Gasteiger partial charge on any atom is -0.382 e. The number of ether oxygens (including phenoxy) is 1. The van der Waals surface area contributed by atoms with E-state index in [1.54, 1.807) is 7.11 Å². The summed E-state index contributed by atoms with van der Waals surface area (Å²) in [6.07, 6.45) is 7.98. The van der Waals surface area contributed by atoms with E-state index in [1.807, 2.05) is 0 Å². The van der Waals surface area contributed by atoms with E-state index in [4.69, 9.17) is 4.74 Å². The van der Waals surface area contributed by atoms with Crippen LogP contribution in [0.25, 0.3) is 0 Å². The van der Waals surface area contributed by atoms with E-state index in [0.717, 1.165) is 18.9 Å². The molecular formula is C15H33NO. The fourth-order valence-corrected chi connectivity index (χ4v) is 2.30. The van der Waals surface area contributed by atoms with Crippen LogP contribution in [-0.4, -0.2) is 25.8 Å². The molecule has 0 aromatic heterocycles. The van der Waals surface area contributed by atoms with Gasteiger partial charge >= 0.3 is 0 Å². The molecule has 0 amide bonds. The Morgan fingerprint density at radius 2 is 1.71 bits per heavy atom. The van der Waals surface area contributed by atoms with Crippen LogP contribution in [0.3, 0.4) is 0 Å². The van der Waals surface area contributed by atoms with E-state index < -0.39 is 0 Å². The molecule has 0 radical (unpaired) electrons. The normalized spacial score (nSPS) is 16.8. The van der Waals surface area contributed by atoms with Gasteiger partial charge in [0.1, 0.15) is 0 Å². The van der Waals surface area contributed by atoms with Gasteiger partial charge in [0, 0.05) is 13.2 Å². The zero-order valence-electron chi connectivity index (χ0n) is 12.6. The molecule has 0 saturated heterocycles. The molecule has 0 rings (SSSR count). The van der Waals surface area contributed by atoms with Crippen molar-refractivity contribution in [3.8, 4) is 0 Å². The third-order valence-corrected chi connectivity index (χ3v) is 3.48. The lowest BCUT2D eigenvalue weighted by atomic mass is 9.94. The van der Waals surface area contributed by atoms with Gasteiger partial charge in [0.2, 0.25) is 0 Å². The molecule has 0 aliphatic heterocycles. The van der Waals surface area contributed by atoms with E-state index >= 15 is 0 Å². The molecule has 1 N–H and O–H groups in total. The topological polar surface area (TPSA) is 21.3 Å². The van der Waals surface area contributed by atoms with Crippen LogP contribution in [0.2, 0.25) is 0 Å². The average Bonchev–Trinajstić information content (AvgIpc) is 2.32. The van der Waals surface area contributed by atoms with Crippen LogP contribution in [0.4, 0.5) is 0 Å². The van der Waals surface area contributed by atoms with Crippen molar-refractivity contribution in [1.29, 1.82) is 0 Å². The van der Waals surface area contributed by atoms with Crippen LogP contribution in [0.1, 0.15) is 66.2 Å². The van der Waals surface area contributed by atoms with E-state index in [0.29, 0.717) is 12.1 Å². The maximum atomic E-state index is 5.33. The standard InChI is InChI=1S/C15H33NO/c1-6-8-13(3)12-15(16-11-7-2)10-9-14(4)17-5/h13-16H,6-12H2,1-5H3. The second kappa shape index (κ2) is 11.0. The maximum absolute atomic E-state index is 5.33. The molecule has 0 aliphatic rings. The summed E-state index contributed by atoms with van der Waals surface area (Å²) >= 11 is 0. The summed E-state index contributed by atoms with van der Waals surface area (Å²) in [5.74, 6) is 0.840. The molecule has 17 heavy (non-hydrogen) atoms. The molecule has 0 heterocycles. The minimum atomic E-state index is 0.391. The first-order chi connectivity index (χ1) is 8.13. The van der Waals surface area contributed by atoms with E-state index in [2.05, 4.69) is 33.0 Å². The number of hydrogen-bond acceptors (Lipinski definition) is 2. The van der Waals surface area contributed by atoms with Gasteiger partial charge in [-0.2, -0.15) is 0 Å². The molecule has 2 heteroatoms. The molecule has 3 atom stereocenters. The van der Waals surface area contributed by atoms with Crippen molar-refractivity contribution in [3.63, 3.8) is 0 Å². The van der Waals surface area contributed by atoms with E-state index in [9.17, 15) is 0 Å². The van der Waals surface area contributed by atoms with Gasteiger partial charge in [-0.25, -0.2) is 0 Å². The molecule has 3 unspecified atom stereocenters. The first-order valence-corrected chi connectivity index (χ1v) is 7.40. The van der Waals surface area contributed by atoms with Crippen LogP contribution >= 0.6 is 0 Å². The Balaban J connectivity index is 3.94. The summed E-state index contributed by atoms with van der Waals surface area (Å²) in [7, 11) is 1.80. The Labute approximate surface area is 109 Å². The summed E-state index contributed by atoms with van der Waals surface area (Å²) in [6, 6.07) is 0.675. The predicted octanol–water partition coefficient (Wildman–Crippen LogP) is 4.00. The molecule has 0 saturated carbocycles. The van der Waals surface area contributed by atoms with Gasteiger partial charge in [0.05, 0.1) is 6.10 Å². The molecule has 0 aromatic rings. The van der Waals surface area contributed by atoms with Crippen molar-refractivity contribution in [2.75, 3.05) is 13.7 Å². The van der Waals surface area contributed by atoms with Crippen LogP contribution in [0.5, 0.6) is 0 Å². The van der Waals surface area contributed by atoms with Gasteiger partial charge in [0.25, 0.3) is 0 Å². The van der Waals surface area contributed by atoms with Gasteiger partial charge in [-0.3, -0.25) is 0 Å². The summed E-state index contributed by atoms with van der Waals surface area (Å²) in [5, 5.41) is 3.68. The first kappa shape index (κ1) is 16.9. The lowest BCUT2D eigenvalue weighted by Crippen LogP contribution is -2.32. The molecule has 0 bridgehead atoms. The van der Waals surface area contributed by atoms with E-state index in [1.165, 1.54) is 32.1 Å². The van der Waals surface area contributed by atoms with Crippen molar-refractivity contribution < 1.29 is 4.74 Å². The van der Waals surface area contributed by atoms with Crippen LogP contribution < -0.4 is 5.32 Å². The Bertz CT molecular complexity index is 161. The van der Waals surface area contributed by atoms with Crippen LogP contribution in [0, 0.1) is 5.92 Å².